The normalized spacial score (nSPS) is 19.7. The lowest BCUT2D eigenvalue weighted by atomic mass is 10.0. The Morgan fingerprint density at radius 2 is 1.94 bits per heavy atom. The van der Waals surface area contributed by atoms with Crippen LogP contribution >= 0.6 is 11.8 Å². The Labute approximate surface area is 197 Å². The summed E-state index contributed by atoms with van der Waals surface area (Å²) in [5.41, 5.74) is 8.51. The molecule has 2 heterocycles. The van der Waals surface area contributed by atoms with Gasteiger partial charge in [-0.05, 0) is 55.5 Å². The Kier molecular flexibility index (Phi) is 7.17. The predicted molar refractivity (Wildman–Crippen MR) is 133 cm³/mol. The van der Waals surface area contributed by atoms with Crippen molar-refractivity contribution in [1.82, 2.24) is 10.9 Å². The van der Waals surface area contributed by atoms with Crippen molar-refractivity contribution < 1.29 is 14.3 Å². The zero-order valence-corrected chi connectivity index (χ0v) is 19.7. The molecule has 2 amide bonds. The highest BCUT2D eigenvalue weighted by molar-refractivity contribution is 8.14. The second kappa shape index (κ2) is 10.2. The van der Waals surface area contributed by atoms with Crippen LogP contribution in [0.2, 0.25) is 0 Å². The van der Waals surface area contributed by atoms with Crippen molar-refractivity contribution in [3.63, 3.8) is 0 Å². The molecule has 174 valence electrons. The SMILES string of the molecule is CCOc1ccc(N2C(=O)C3CNNC3N=C2SCC(=O)Nc2ccc(N(C)C)cc2)cc1. The molecule has 9 nitrogen and oxygen atoms in total. The molecule has 2 aliphatic rings. The van der Waals surface area contributed by atoms with E-state index in [0.717, 1.165) is 17.1 Å². The molecule has 2 atom stereocenters. The first kappa shape index (κ1) is 23.1. The van der Waals surface area contributed by atoms with Crippen LogP contribution in [0.25, 0.3) is 0 Å². The molecule has 2 unspecified atom stereocenters. The van der Waals surface area contributed by atoms with Gasteiger partial charge in [0.1, 0.15) is 11.9 Å². The minimum atomic E-state index is -0.347. The summed E-state index contributed by atoms with van der Waals surface area (Å²) >= 11 is 1.24. The molecular formula is C23H28N6O3S. The van der Waals surface area contributed by atoms with E-state index in [1.807, 2.05) is 74.4 Å². The van der Waals surface area contributed by atoms with Gasteiger partial charge in [-0.25, -0.2) is 10.4 Å². The number of carbonyl (C=O) groups is 2. The van der Waals surface area contributed by atoms with Gasteiger partial charge in [-0.3, -0.25) is 19.9 Å². The van der Waals surface area contributed by atoms with Crippen molar-refractivity contribution in [2.45, 2.75) is 13.1 Å². The van der Waals surface area contributed by atoms with Gasteiger partial charge in [0.05, 0.1) is 24.0 Å². The predicted octanol–water partition coefficient (Wildman–Crippen LogP) is 2.28. The zero-order chi connectivity index (χ0) is 23.4. The highest BCUT2D eigenvalue weighted by atomic mass is 32.2. The van der Waals surface area contributed by atoms with E-state index < -0.39 is 0 Å². The minimum absolute atomic E-state index is 0.0566. The van der Waals surface area contributed by atoms with E-state index in [4.69, 9.17) is 9.73 Å². The van der Waals surface area contributed by atoms with Crippen molar-refractivity contribution in [2.75, 3.05) is 48.1 Å². The number of hydrazine groups is 1. The molecule has 1 saturated heterocycles. The maximum absolute atomic E-state index is 13.3. The van der Waals surface area contributed by atoms with Gasteiger partial charge in [-0.15, -0.1) is 0 Å². The van der Waals surface area contributed by atoms with Crippen LogP contribution in [0.1, 0.15) is 6.92 Å². The van der Waals surface area contributed by atoms with Crippen LogP contribution in [0.3, 0.4) is 0 Å². The number of nitrogens with zero attached hydrogens (tertiary/aromatic N) is 3. The molecule has 33 heavy (non-hydrogen) atoms. The number of rotatable bonds is 7. The molecule has 1 fully saturated rings. The van der Waals surface area contributed by atoms with Crippen LogP contribution in [0, 0.1) is 5.92 Å². The molecule has 2 aromatic carbocycles. The number of fused-ring (bicyclic) bond motifs is 1. The fourth-order valence-corrected chi connectivity index (χ4v) is 4.48. The number of benzene rings is 2. The van der Waals surface area contributed by atoms with Gasteiger partial charge >= 0.3 is 0 Å². The summed E-state index contributed by atoms with van der Waals surface area (Å²) in [4.78, 5) is 34.2. The van der Waals surface area contributed by atoms with Gasteiger partial charge in [-0.2, -0.15) is 0 Å². The smallest absolute Gasteiger partial charge is 0.241 e. The van der Waals surface area contributed by atoms with Crippen molar-refractivity contribution in [3.05, 3.63) is 48.5 Å². The van der Waals surface area contributed by atoms with E-state index in [2.05, 4.69) is 16.2 Å². The van der Waals surface area contributed by atoms with Crippen LogP contribution < -0.4 is 30.7 Å². The van der Waals surface area contributed by atoms with Gasteiger partial charge in [0.25, 0.3) is 0 Å². The lowest BCUT2D eigenvalue weighted by Gasteiger charge is -2.32. The first-order chi connectivity index (χ1) is 16.0. The number of thioether (sulfide) groups is 1. The fourth-order valence-electron chi connectivity index (χ4n) is 3.63. The number of hydrogen-bond acceptors (Lipinski definition) is 8. The lowest BCUT2D eigenvalue weighted by molar-refractivity contribution is -0.121. The van der Waals surface area contributed by atoms with Gasteiger partial charge < -0.3 is 15.0 Å². The summed E-state index contributed by atoms with van der Waals surface area (Å²) in [5.74, 6) is 0.335. The maximum atomic E-state index is 13.3. The first-order valence-electron chi connectivity index (χ1n) is 10.8. The highest BCUT2D eigenvalue weighted by Crippen LogP contribution is 2.30. The van der Waals surface area contributed by atoms with Crippen molar-refractivity contribution in [2.24, 2.45) is 10.9 Å². The van der Waals surface area contributed by atoms with Crippen molar-refractivity contribution in [3.8, 4) is 5.75 Å². The molecule has 2 aliphatic heterocycles. The monoisotopic (exact) mass is 468 g/mol. The number of nitrogens with one attached hydrogen (secondary N) is 3. The third kappa shape index (κ3) is 5.29. The van der Waals surface area contributed by atoms with Crippen molar-refractivity contribution in [1.29, 1.82) is 0 Å². The van der Waals surface area contributed by atoms with Gasteiger partial charge in [0.2, 0.25) is 11.8 Å². The van der Waals surface area contributed by atoms with E-state index in [1.54, 1.807) is 4.90 Å². The van der Waals surface area contributed by atoms with Crippen LogP contribution in [0.5, 0.6) is 5.75 Å². The van der Waals surface area contributed by atoms with Gasteiger partial charge in [-0.1, -0.05) is 11.8 Å². The molecule has 0 saturated carbocycles. The van der Waals surface area contributed by atoms with E-state index in [9.17, 15) is 9.59 Å². The number of amides is 2. The van der Waals surface area contributed by atoms with E-state index >= 15 is 0 Å². The van der Waals surface area contributed by atoms with Gasteiger partial charge in [0, 0.05) is 32.0 Å². The topological polar surface area (TPSA) is 98.3 Å². The zero-order valence-electron chi connectivity index (χ0n) is 18.9. The number of ether oxygens (including phenoxy) is 1. The Balaban J connectivity index is 1.47. The van der Waals surface area contributed by atoms with Crippen LogP contribution in [0.15, 0.2) is 53.5 Å². The molecule has 10 heteroatoms. The summed E-state index contributed by atoms with van der Waals surface area (Å²) in [6.07, 6.45) is -0.347. The third-order valence-corrected chi connectivity index (χ3v) is 6.29. The van der Waals surface area contributed by atoms with Crippen molar-refractivity contribution >= 4 is 45.8 Å². The van der Waals surface area contributed by atoms with Crippen LogP contribution in [0.4, 0.5) is 17.1 Å². The molecule has 3 N–H and O–H groups in total. The Morgan fingerprint density at radius 3 is 2.61 bits per heavy atom. The van der Waals surface area contributed by atoms with Gasteiger partial charge in [0.15, 0.2) is 5.17 Å². The summed E-state index contributed by atoms with van der Waals surface area (Å²) in [5, 5.41) is 3.39. The molecule has 4 rings (SSSR count). The molecule has 2 aromatic rings. The van der Waals surface area contributed by atoms with Crippen LogP contribution in [-0.4, -0.2) is 56.1 Å². The average Bonchev–Trinajstić information content (AvgIpc) is 3.28. The van der Waals surface area contributed by atoms with E-state index in [-0.39, 0.29) is 29.7 Å². The molecule has 0 spiro atoms. The Bertz CT molecular complexity index is 1030. The summed E-state index contributed by atoms with van der Waals surface area (Å²) in [7, 11) is 3.93. The first-order valence-corrected chi connectivity index (χ1v) is 11.8. The number of carbonyl (C=O) groups excluding carboxylic acids is 2. The van der Waals surface area contributed by atoms with E-state index in [0.29, 0.717) is 24.0 Å². The average molecular weight is 469 g/mol. The highest BCUT2D eigenvalue weighted by Gasteiger charge is 2.42. The number of aliphatic imine (C=N–C) groups is 1. The maximum Gasteiger partial charge on any atom is 0.241 e. The lowest BCUT2D eigenvalue weighted by Crippen LogP contribution is -2.49. The summed E-state index contributed by atoms with van der Waals surface area (Å²) in [6.45, 7) is 2.99. The Hall–Kier alpha value is -3.08. The molecule has 0 aromatic heterocycles. The molecule has 0 radical (unpaired) electrons. The quantitative estimate of drug-likeness (QED) is 0.573. The third-order valence-electron chi connectivity index (χ3n) is 5.34. The number of anilines is 3. The molecule has 0 bridgehead atoms. The second-order valence-electron chi connectivity index (χ2n) is 7.87. The van der Waals surface area contributed by atoms with E-state index in [1.165, 1.54) is 11.8 Å². The number of hydrogen-bond donors (Lipinski definition) is 3. The fraction of sp³-hybridized carbons (Fsp3) is 0.348. The summed E-state index contributed by atoms with van der Waals surface area (Å²) < 4.78 is 5.51. The minimum Gasteiger partial charge on any atom is -0.494 e. The standard InChI is InChI=1S/C23H28N6O3S/c1-4-32-18-11-9-17(10-12-18)29-22(31)19-13-24-27-21(19)26-23(29)33-14-20(30)25-15-5-7-16(8-6-15)28(2)3/h5-12,19,21,24,27H,4,13-14H2,1-3H3,(H,25,30). The van der Waals surface area contributed by atoms with Crippen LogP contribution in [-0.2, 0) is 9.59 Å². The summed E-state index contributed by atoms with van der Waals surface area (Å²) in [6, 6.07) is 14.9. The molecular weight excluding hydrogens is 440 g/mol. The Morgan fingerprint density at radius 1 is 1.21 bits per heavy atom. The largest absolute Gasteiger partial charge is 0.494 e. The second-order valence-corrected chi connectivity index (χ2v) is 8.81. The number of amidine groups is 1. The molecule has 0 aliphatic carbocycles.